The molecule has 0 radical (unpaired) electrons. The topological polar surface area (TPSA) is 86.2 Å². The summed E-state index contributed by atoms with van der Waals surface area (Å²) < 4.78 is 1.76. The van der Waals surface area contributed by atoms with E-state index in [9.17, 15) is 0 Å². The molecule has 8 heteroatoms. The van der Waals surface area contributed by atoms with Gasteiger partial charge in [-0.25, -0.2) is 4.98 Å². The van der Waals surface area contributed by atoms with E-state index in [1.54, 1.807) is 16.8 Å². The molecule has 0 atom stereocenters. The zero-order valence-electron chi connectivity index (χ0n) is 13.5. The highest BCUT2D eigenvalue weighted by molar-refractivity contribution is 5.51. The zero-order valence-corrected chi connectivity index (χ0v) is 13.5. The van der Waals surface area contributed by atoms with Gasteiger partial charge < -0.3 is 9.80 Å². The predicted octanol–water partition coefficient (Wildman–Crippen LogP) is 1.02. The van der Waals surface area contributed by atoms with Crippen LogP contribution in [0.1, 0.15) is 11.4 Å². The van der Waals surface area contributed by atoms with Crippen molar-refractivity contribution in [1.82, 2.24) is 24.8 Å². The monoisotopic (exact) mass is 320 g/mol. The smallest absolute Gasteiger partial charge is 0.178 e. The van der Waals surface area contributed by atoms with E-state index < -0.39 is 0 Å². The van der Waals surface area contributed by atoms with Crippen molar-refractivity contribution in [3.8, 4) is 6.07 Å². The highest BCUT2D eigenvalue weighted by Gasteiger charge is 2.32. The summed E-state index contributed by atoms with van der Waals surface area (Å²) in [5.41, 5.74) is 1.33. The number of aromatic nitrogens is 5. The van der Waals surface area contributed by atoms with E-state index in [1.807, 2.05) is 32.2 Å². The van der Waals surface area contributed by atoms with Gasteiger partial charge in [0.2, 0.25) is 0 Å². The molecule has 0 aromatic carbocycles. The van der Waals surface area contributed by atoms with Crippen LogP contribution in [0.4, 0.5) is 11.6 Å². The Kier molecular flexibility index (Phi) is 3.27. The van der Waals surface area contributed by atoms with E-state index in [1.165, 1.54) is 0 Å². The van der Waals surface area contributed by atoms with E-state index in [0.29, 0.717) is 11.6 Å². The van der Waals surface area contributed by atoms with Crippen LogP contribution in [0.2, 0.25) is 0 Å². The summed E-state index contributed by atoms with van der Waals surface area (Å²) in [5.74, 6) is 2.57. The number of nitrogens with zero attached hydrogens (tertiary/aromatic N) is 8. The van der Waals surface area contributed by atoms with Crippen LogP contribution in [0.5, 0.6) is 0 Å². The lowest BCUT2D eigenvalue weighted by molar-refractivity contribution is 0.487. The van der Waals surface area contributed by atoms with Crippen molar-refractivity contribution in [2.75, 3.05) is 29.9 Å². The summed E-state index contributed by atoms with van der Waals surface area (Å²) in [4.78, 5) is 8.70. The summed E-state index contributed by atoms with van der Waals surface area (Å²) in [6, 6.07) is 10.0. The normalized spacial score (nSPS) is 14.5. The van der Waals surface area contributed by atoms with Gasteiger partial charge >= 0.3 is 0 Å². The Morgan fingerprint density at radius 2 is 2.04 bits per heavy atom. The highest BCUT2D eigenvalue weighted by atomic mass is 15.4. The van der Waals surface area contributed by atoms with Crippen molar-refractivity contribution in [2.45, 2.75) is 13.0 Å². The van der Waals surface area contributed by atoms with Gasteiger partial charge in [-0.3, -0.25) is 0 Å². The molecule has 1 aliphatic rings. The Labute approximate surface area is 139 Å². The van der Waals surface area contributed by atoms with Crippen LogP contribution in [0.25, 0.3) is 5.65 Å². The third-order valence-corrected chi connectivity index (χ3v) is 4.38. The van der Waals surface area contributed by atoms with Crippen LogP contribution >= 0.6 is 0 Å². The molecular weight excluding hydrogens is 304 g/mol. The quantitative estimate of drug-likeness (QED) is 0.712. The van der Waals surface area contributed by atoms with Crippen LogP contribution in [0, 0.1) is 18.3 Å². The van der Waals surface area contributed by atoms with Gasteiger partial charge in [-0.05, 0) is 31.2 Å². The van der Waals surface area contributed by atoms with Gasteiger partial charge in [0.15, 0.2) is 11.5 Å². The third kappa shape index (κ3) is 2.31. The van der Waals surface area contributed by atoms with E-state index in [0.717, 1.165) is 36.2 Å². The molecule has 120 valence electrons. The molecule has 1 fully saturated rings. The summed E-state index contributed by atoms with van der Waals surface area (Å²) in [5, 5.41) is 21.5. The van der Waals surface area contributed by atoms with Crippen molar-refractivity contribution in [1.29, 1.82) is 5.26 Å². The van der Waals surface area contributed by atoms with Gasteiger partial charge in [-0.2, -0.15) is 9.78 Å². The van der Waals surface area contributed by atoms with E-state index in [2.05, 4.69) is 36.1 Å². The molecular formula is C16H16N8. The fourth-order valence-electron chi connectivity index (χ4n) is 2.79. The highest BCUT2D eigenvalue weighted by Crippen LogP contribution is 2.24. The number of nitriles is 1. The standard InChI is InChI=1S/C16H16N8/c1-11-19-20-15-5-6-16(21-24(11)15)23-9-13(10-23)22(2)14-4-3-12(7-17)8-18-14/h3-6,8,13H,9-10H2,1-2H3. The number of hydrogen-bond donors (Lipinski definition) is 0. The minimum atomic E-state index is 0.366. The van der Waals surface area contributed by atoms with Crippen molar-refractivity contribution < 1.29 is 0 Å². The number of anilines is 2. The first-order valence-corrected chi connectivity index (χ1v) is 7.69. The maximum absolute atomic E-state index is 8.85. The molecule has 0 aliphatic carbocycles. The second-order valence-corrected chi connectivity index (χ2v) is 5.90. The molecule has 24 heavy (non-hydrogen) atoms. The number of likely N-dealkylation sites (N-methyl/N-ethyl adjacent to an activating group) is 1. The Bertz CT molecular complexity index is 917. The number of aryl methyl sites for hydroxylation is 1. The average molecular weight is 320 g/mol. The lowest BCUT2D eigenvalue weighted by Gasteiger charge is -2.44. The molecule has 3 aromatic heterocycles. The minimum absolute atomic E-state index is 0.366. The van der Waals surface area contributed by atoms with Crippen molar-refractivity contribution in [3.05, 3.63) is 41.9 Å². The average Bonchev–Trinajstić information content (AvgIpc) is 2.94. The Balaban J connectivity index is 1.46. The fourth-order valence-corrected chi connectivity index (χ4v) is 2.79. The Morgan fingerprint density at radius 3 is 2.75 bits per heavy atom. The molecule has 4 rings (SSSR count). The van der Waals surface area contributed by atoms with Crippen LogP contribution < -0.4 is 9.80 Å². The Morgan fingerprint density at radius 1 is 1.21 bits per heavy atom. The maximum Gasteiger partial charge on any atom is 0.178 e. The lowest BCUT2D eigenvalue weighted by atomic mass is 10.1. The number of rotatable bonds is 3. The van der Waals surface area contributed by atoms with Crippen LogP contribution in [0.15, 0.2) is 30.5 Å². The maximum atomic E-state index is 8.85. The van der Waals surface area contributed by atoms with Gasteiger partial charge in [0, 0.05) is 26.3 Å². The number of fused-ring (bicyclic) bond motifs is 1. The van der Waals surface area contributed by atoms with Crippen LogP contribution in [-0.2, 0) is 0 Å². The molecule has 3 aromatic rings. The number of pyridine rings is 1. The van der Waals surface area contributed by atoms with Crippen molar-refractivity contribution in [3.63, 3.8) is 0 Å². The van der Waals surface area contributed by atoms with Crippen LogP contribution in [0.3, 0.4) is 0 Å². The first kappa shape index (κ1) is 14.4. The van der Waals surface area contributed by atoms with Gasteiger partial charge in [-0.15, -0.1) is 15.3 Å². The molecule has 1 aliphatic heterocycles. The molecule has 0 bridgehead atoms. The van der Waals surface area contributed by atoms with Crippen molar-refractivity contribution >= 4 is 17.3 Å². The van der Waals surface area contributed by atoms with Gasteiger partial charge in [0.05, 0.1) is 11.6 Å². The molecule has 8 nitrogen and oxygen atoms in total. The molecule has 0 unspecified atom stereocenters. The summed E-state index contributed by atoms with van der Waals surface area (Å²) in [7, 11) is 2.02. The van der Waals surface area contributed by atoms with E-state index in [4.69, 9.17) is 5.26 Å². The zero-order chi connectivity index (χ0) is 16.7. The predicted molar refractivity (Wildman–Crippen MR) is 88.9 cm³/mol. The number of hydrogen-bond acceptors (Lipinski definition) is 7. The van der Waals surface area contributed by atoms with Crippen LogP contribution in [-0.4, -0.2) is 51.0 Å². The second-order valence-electron chi connectivity index (χ2n) is 5.90. The SMILES string of the molecule is Cc1nnc2ccc(N3CC(N(C)c4ccc(C#N)cn4)C3)nn12. The molecule has 4 heterocycles. The lowest BCUT2D eigenvalue weighted by Crippen LogP contribution is -2.59. The molecule has 0 amide bonds. The second kappa shape index (κ2) is 5.45. The van der Waals surface area contributed by atoms with E-state index in [-0.39, 0.29) is 0 Å². The molecule has 1 saturated heterocycles. The molecule has 0 saturated carbocycles. The first-order chi connectivity index (χ1) is 11.7. The fraction of sp³-hybridized carbons (Fsp3) is 0.312. The van der Waals surface area contributed by atoms with Crippen molar-refractivity contribution in [2.24, 2.45) is 0 Å². The van der Waals surface area contributed by atoms with Gasteiger partial charge in [-0.1, -0.05) is 0 Å². The summed E-state index contributed by atoms with van der Waals surface area (Å²) in [6.45, 7) is 3.63. The molecule has 0 spiro atoms. The Hall–Kier alpha value is -3.21. The first-order valence-electron chi connectivity index (χ1n) is 7.69. The third-order valence-electron chi connectivity index (χ3n) is 4.38. The van der Waals surface area contributed by atoms with E-state index >= 15 is 0 Å². The largest absolute Gasteiger partial charge is 0.353 e. The summed E-state index contributed by atoms with van der Waals surface area (Å²) in [6.07, 6.45) is 1.60. The molecule has 0 N–H and O–H groups in total. The summed E-state index contributed by atoms with van der Waals surface area (Å²) >= 11 is 0. The van der Waals surface area contributed by atoms with Gasteiger partial charge in [0.25, 0.3) is 0 Å². The van der Waals surface area contributed by atoms with Gasteiger partial charge in [0.1, 0.15) is 17.7 Å². The minimum Gasteiger partial charge on any atom is -0.353 e.